The Labute approximate surface area is 128 Å². The molecule has 1 aromatic carbocycles. The zero-order valence-corrected chi connectivity index (χ0v) is 14.0. The van der Waals surface area contributed by atoms with Crippen molar-refractivity contribution in [1.82, 2.24) is 15.1 Å². The minimum absolute atomic E-state index is 0.284. The summed E-state index contributed by atoms with van der Waals surface area (Å²) in [5.41, 5.74) is 5.02. The molecule has 3 heteroatoms. The highest BCUT2D eigenvalue weighted by atomic mass is 15.3. The highest BCUT2D eigenvalue weighted by molar-refractivity contribution is 5.28. The van der Waals surface area contributed by atoms with E-state index in [1.165, 1.54) is 16.8 Å². The lowest BCUT2D eigenvalue weighted by Crippen LogP contribution is -2.29. The van der Waals surface area contributed by atoms with Gasteiger partial charge in [-0.05, 0) is 32.3 Å². The lowest BCUT2D eigenvalue weighted by molar-refractivity contribution is 0.373. The Kier molecular flexibility index (Phi) is 4.84. The van der Waals surface area contributed by atoms with Crippen molar-refractivity contribution in [2.24, 2.45) is 13.0 Å². The number of aromatic nitrogens is 2. The second kappa shape index (κ2) is 6.44. The molecule has 0 bridgehead atoms. The third-order valence-electron chi connectivity index (χ3n) is 4.25. The van der Waals surface area contributed by atoms with Gasteiger partial charge in [0.15, 0.2) is 0 Å². The Bertz CT molecular complexity index is 584. The van der Waals surface area contributed by atoms with Crippen molar-refractivity contribution in [2.75, 3.05) is 0 Å². The maximum absolute atomic E-state index is 4.53. The summed E-state index contributed by atoms with van der Waals surface area (Å²) >= 11 is 0. The van der Waals surface area contributed by atoms with Crippen molar-refractivity contribution in [3.05, 3.63) is 52.8 Å². The first-order valence-electron chi connectivity index (χ1n) is 7.73. The van der Waals surface area contributed by atoms with E-state index in [9.17, 15) is 0 Å². The van der Waals surface area contributed by atoms with E-state index in [1.54, 1.807) is 0 Å². The van der Waals surface area contributed by atoms with Crippen LogP contribution in [0.3, 0.4) is 0 Å². The van der Waals surface area contributed by atoms with Crippen molar-refractivity contribution in [1.29, 1.82) is 0 Å². The lowest BCUT2D eigenvalue weighted by atomic mass is 9.94. The van der Waals surface area contributed by atoms with Crippen molar-refractivity contribution in [3.63, 3.8) is 0 Å². The molecule has 0 aliphatic rings. The van der Waals surface area contributed by atoms with Crippen LogP contribution in [0.2, 0.25) is 0 Å². The first-order chi connectivity index (χ1) is 9.91. The van der Waals surface area contributed by atoms with Gasteiger partial charge in [-0.15, -0.1) is 0 Å². The number of aryl methyl sites for hydroxylation is 2. The van der Waals surface area contributed by atoms with Crippen LogP contribution in [-0.2, 0) is 7.05 Å². The molecule has 2 unspecified atom stereocenters. The standard InChI is InChI=1S/C18H27N3/c1-12(2)18(16-10-8-7-9-11-16)19-13(3)17-14(4)20-21(6)15(17)5/h7-13,18-19H,1-6H3. The van der Waals surface area contributed by atoms with E-state index in [0.717, 1.165) is 5.69 Å². The molecule has 0 aliphatic carbocycles. The van der Waals surface area contributed by atoms with Gasteiger partial charge >= 0.3 is 0 Å². The molecule has 21 heavy (non-hydrogen) atoms. The second-order valence-corrected chi connectivity index (χ2v) is 6.23. The summed E-state index contributed by atoms with van der Waals surface area (Å²) in [6, 6.07) is 11.3. The Balaban J connectivity index is 2.25. The molecule has 1 heterocycles. The first-order valence-corrected chi connectivity index (χ1v) is 7.73. The molecule has 1 N–H and O–H groups in total. The molecule has 0 fully saturated rings. The third-order valence-corrected chi connectivity index (χ3v) is 4.25. The zero-order chi connectivity index (χ0) is 15.6. The minimum Gasteiger partial charge on any atom is -0.303 e. The largest absolute Gasteiger partial charge is 0.303 e. The van der Waals surface area contributed by atoms with Crippen LogP contribution in [0, 0.1) is 19.8 Å². The van der Waals surface area contributed by atoms with Gasteiger partial charge in [0.25, 0.3) is 0 Å². The maximum atomic E-state index is 4.53. The number of benzene rings is 1. The quantitative estimate of drug-likeness (QED) is 0.897. The van der Waals surface area contributed by atoms with Crippen molar-refractivity contribution in [3.8, 4) is 0 Å². The van der Waals surface area contributed by atoms with Gasteiger partial charge < -0.3 is 5.32 Å². The summed E-state index contributed by atoms with van der Waals surface area (Å²) in [7, 11) is 2.01. The number of nitrogens with one attached hydrogen (secondary N) is 1. The molecule has 1 aromatic heterocycles. The molecule has 2 atom stereocenters. The molecule has 2 aromatic rings. The molecule has 0 aliphatic heterocycles. The molecule has 0 spiro atoms. The van der Waals surface area contributed by atoms with E-state index in [0.29, 0.717) is 12.0 Å². The fourth-order valence-corrected chi connectivity index (χ4v) is 3.10. The first kappa shape index (κ1) is 15.8. The van der Waals surface area contributed by atoms with E-state index in [-0.39, 0.29) is 6.04 Å². The number of nitrogens with zero attached hydrogens (tertiary/aromatic N) is 2. The second-order valence-electron chi connectivity index (χ2n) is 6.23. The Hall–Kier alpha value is -1.61. The van der Waals surface area contributed by atoms with Gasteiger partial charge in [-0.25, -0.2) is 0 Å². The summed E-state index contributed by atoms with van der Waals surface area (Å²) in [5, 5.41) is 8.32. The van der Waals surface area contributed by atoms with Crippen LogP contribution in [0.1, 0.15) is 55.4 Å². The molecule has 114 valence electrons. The predicted octanol–water partition coefficient (Wildman–Crippen LogP) is 4.08. The average molecular weight is 285 g/mol. The fourth-order valence-electron chi connectivity index (χ4n) is 3.10. The highest BCUT2D eigenvalue weighted by Gasteiger charge is 2.22. The van der Waals surface area contributed by atoms with Crippen LogP contribution in [-0.4, -0.2) is 9.78 Å². The van der Waals surface area contributed by atoms with Gasteiger partial charge in [-0.1, -0.05) is 44.2 Å². The van der Waals surface area contributed by atoms with Crippen molar-refractivity contribution >= 4 is 0 Å². The molecule has 3 nitrogen and oxygen atoms in total. The molecule has 0 radical (unpaired) electrons. The van der Waals surface area contributed by atoms with Crippen LogP contribution in [0.25, 0.3) is 0 Å². The van der Waals surface area contributed by atoms with Gasteiger partial charge in [-0.3, -0.25) is 4.68 Å². The van der Waals surface area contributed by atoms with Crippen LogP contribution >= 0.6 is 0 Å². The van der Waals surface area contributed by atoms with Crippen LogP contribution in [0.4, 0.5) is 0 Å². The maximum Gasteiger partial charge on any atom is 0.0644 e. The summed E-state index contributed by atoms with van der Waals surface area (Å²) < 4.78 is 1.97. The van der Waals surface area contributed by atoms with Crippen molar-refractivity contribution in [2.45, 2.75) is 46.7 Å². The predicted molar refractivity (Wildman–Crippen MR) is 88.3 cm³/mol. The smallest absolute Gasteiger partial charge is 0.0644 e. The van der Waals surface area contributed by atoms with E-state index in [1.807, 2.05) is 11.7 Å². The van der Waals surface area contributed by atoms with Gasteiger partial charge in [0.1, 0.15) is 0 Å². The van der Waals surface area contributed by atoms with Crippen molar-refractivity contribution < 1.29 is 0 Å². The molecular formula is C18H27N3. The topological polar surface area (TPSA) is 29.9 Å². The number of hydrogen-bond donors (Lipinski definition) is 1. The third kappa shape index (κ3) is 3.35. The number of rotatable bonds is 5. The molecule has 0 saturated heterocycles. The van der Waals surface area contributed by atoms with Crippen LogP contribution in [0.5, 0.6) is 0 Å². The highest BCUT2D eigenvalue weighted by Crippen LogP contribution is 2.28. The van der Waals surface area contributed by atoms with E-state index in [4.69, 9.17) is 0 Å². The summed E-state index contributed by atoms with van der Waals surface area (Å²) in [4.78, 5) is 0. The average Bonchev–Trinajstić information content (AvgIpc) is 2.70. The molecule has 0 amide bonds. The molecular weight excluding hydrogens is 258 g/mol. The summed E-state index contributed by atoms with van der Waals surface area (Å²) in [6.07, 6.45) is 0. The van der Waals surface area contributed by atoms with Gasteiger partial charge in [0.05, 0.1) is 5.69 Å². The van der Waals surface area contributed by atoms with E-state index in [2.05, 4.69) is 75.4 Å². The Morgan fingerprint density at radius 1 is 1.05 bits per heavy atom. The van der Waals surface area contributed by atoms with Crippen LogP contribution in [0.15, 0.2) is 30.3 Å². The summed E-state index contributed by atoms with van der Waals surface area (Å²) in [5.74, 6) is 0.534. The minimum atomic E-state index is 0.284. The van der Waals surface area contributed by atoms with Crippen LogP contribution < -0.4 is 5.32 Å². The Morgan fingerprint density at radius 2 is 1.67 bits per heavy atom. The van der Waals surface area contributed by atoms with Gasteiger partial charge in [-0.2, -0.15) is 5.10 Å². The number of hydrogen-bond acceptors (Lipinski definition) is 2. The normalized spacial score (nSPS) is 14.4. The lowest BCUT2D eigenvalue weighted by Gasteiger charge is -2.27. The fraction of sp³-hybridized carbons (Fsp3) is 0.500. The van der Waals surface area contributed by atoms with Gasteiger partial charge in [0.2, 0.25) is 0 Å². The molecule has 0 saturated carbocycles. The zero-order valence-electron chi connectivity index (χ0n) is 14.0. The Morgan fingerprint density at radius 3 is 2.14 bits per heavy atom. The van der Waals surface area contributed by atoms with Gasteiger partial charge in [0, 0.05) is 30.4 Å². The van der Waals surface area contributed by atoms with E-state index >= 15 is 0 Å². The monoisotopic (exact) mass is 285 g/mol. The summed E-state index contributed by atoms with van der Waals surface area (Å²) in [6.45, 7) is 11.0. The molecule has 2 rings (SSSR count). The SMILES string of the molecule is Cc1nn(C)c(C)c1C(C)NC(c1ccccc1)C(C)C. The van der Waals surface area contributed by atoms with E-state index < -0.39 is 0 Å².